The van der Waals surface area contributed by atoms with Crippen LogP contribution in [0.25, 0.3) is 21.5 Å². The molecule has 0 unspecified atom stereocenters. The third-order valence-corrected chi connectivity index (χ3v) is 9.66. The number of nitrogens with zero attached hydrogens (tertiary/aromatic N) is 4. The van der Waals surface area contributed by atoms with Crippen molar-refractivity contribution in [1.82, 2.24) is 0 Å². The van der Waals surface area contributed by atoms with Gasteiger partial charge in [-0.15, -0.1) is 10.2 Å². The van der Waals surface area contributed by atoms with E-state index in [1.165, 1.54) is 14.2 Å². The van der Waals surface area contributed by atoms with Crippen molar-refractivity contribution in [3.05, 3.63) is 155 Å². The first-order valence-electron chi connectivity index (χ1n) is 18.4. The first kappa shape index (κ1) is 40.0. The minimum absolute atomic E-state index is 0.0453. The van der Waals surface area contributed by atoms with Crippen LogP contribution in [-0.2, 0) is 9.47 Å². The fraction of sp³-hybridized carbons (Fsp3) is 0.0870. The second-order valence-electron chi connectivity index (χ2n) is 13.6. The van der Waals surface area contributed by atoms with E-state index in [1.54, 1.807) is 135 Å². The summed E-state index contributed by atoms with van der Waals surface area (Å²) in [6.45, 7) is 3.50. The summed E-state index contributed by atoms with van der Waals surface area (Å²) in [7, 11) is 2.58. The maximum absolute atomic E-state index is 13.8. The average Bonchev–Trinajstić information content (AvgIpc) is 3.26. The number of ether oxygens (including phenoxy) is 2. The lowest BCUT2D eigenvalue weighted by molar-refractivity contribution is 0.0592. The molecule has 0 aliphatic carbocycles. The number of hydrogen-bond donors (Lipinski definition) is 4. The zero-order valence-corrected chi connectivity index (χ0v) is 32.7. The van der Waals surface area contributed by atoms with Gasteiger partial charge in [0.1, 0.15) is 11.4 Å². The highest BCUT2D eigenvalue weighted by Gasteiger charge is 2.22. The number of azo groups is 2. The van der Waals surface area contributed by atoms with Gasteiger partial charge in [-0.25, -0.2) is 9.59 Å². The van der Waals surface area contributed by atoms with E-state index >= 15 is 0 Å². The molecule has 0 aliphatic heterocycles. The smallest absolute Gasteiger partial charge is 0.337 e. The van der Waals surface area contributed by atoms with Crippen LogP contribution in [0, 0.1) is 13.8 Å². The predicted octanol–water partition coefficient (Wildman–Crippen LogP) is 10.9. The second kappa shape index (κ2) is 17.1. The number of carbonyl (C=O) groups excluding carboxylic acids is 4. The number of esters is 2. The van der Waals surface area contributed by atoms with Crippen molar-refractivity contribution in [2.75, 3.05) is 24.9 Å². The van der Waals surface area contributed by atoms with Crippen LogP contribution >= 0.6 is 0 Å². The highest BCUT2D eigenvalue weighted by Crippen LogP contribution is 2.41. The summed E-state index contributed by atoms with van der Waals surface area (Å²) < 4.78 is 9.48. The quantitative estimate of drug-likeness (QED) is 0.0772. The Bertz CT molecular complexity index is 2710. The number of anilines is 2. The zero-order chi connectivity index (χ0) is 42.5. The Morgan fingerprint density at radius 2 is 0.867 bits per heavy atom. The number of nitrogens with one attached hydrogen (secondary N) is 2. The van der Waals surface area contributed by atoms with Gasteiger partial charge in [0.25, 0.3) is 11.8 Å². The lowest BCUT2D eigenvalue weighted by atomic mass is 10.0. The Kier molecular flexibility index (Phi) is 11.4. The van der Waals surface area contributed by atoms with E-state index in [4.69, 9.17) is 9.47 Å². The molecule has 0 saturated heterocycles. The molecule has 298 valence electrons. The Balaban J connectivity index is 1.13. The summed E-state index contributed by atoms with van der Waals surface area (Å²) in [5.74, 6) is -2.98. The normalized spacial score (nSPS) is 11.3. The molecule has 0 bridgehead atoms. The van der Waals surface area contributed by atoms with E-state index in [1.807, 2.05) is 0 Å². The molecule has 0 aromatic heterocycles. The number of phenols is 2. The minimum atomic E-state index is -0.612. The van der Waals surface area contributed by atoms with Crippen LogP contribution < -0.4 is 10.6 Å². The molecule has 0 atom stereocenters. The highest BCUT2D eigenvalue weighted by molar-refractivity contribution is 6.13. The van der Waals surface area contributed by atoms with Crippen molar-refractivity contribution in [2.45, 2.75) is 13.8 Å². The first-order chi connectivity index (χ1) is 28.9. The Labute approximate surface area is 342 Å². The standard InChI is InChI=1S/C46H36N6O8/c1-25-21-38(48-44(56)36-24-30-10-6-8-12-34(30)40(42(36)54)52-50-32-19-15-28(16-20-32)46(58)60-4)26(2)22-37(25)47-43(55)35-23-29-9-5-7-11-33(29)39(41(35)53)51-49-31-17-13-27(14-18-31)45(57)59-3/h5-24,53-54H,1-4H3,(H,47,55)(H,48,56). The van der Waals surface area contributed by atoms with Gasteiger partial charge in [-0.3, -0.25) is 9.59 Å². The molecule has 0 heterocycles. The number of carbonyl (C=O) groups is 4. The van der Waals surface area contributed by atoms with Gasteiger partial charge in [-0.05, 0) is 109 Å². The molecule has 0 aliphatic rings. The van der Waals surface area contributed by atoms with Gasteiger partial charge in [0.15, 0.2) is 11.5 Å². The predicted molar refractivity (Wildman–Crippen MR) is 227 cm³/mol. The van der Waals surface area contributed by atoms with Crippen LogP contribution in [0.15, 0.2) is 142 Å². The maximum atomic E-state index is 13.8. The number of rotatable bonds is 10. The van der Waals surface area contributed by atoms with E-state index in [2.05, 4.69) is 31.1 Å². The monoisotopic (exact) mass is 800 g/mol. The van der Waals surface area contributed by atoms with Gasteiger partial charge in [0.2, 0.25) is 0 Å². The van der Waals surface area contributed by atoms with Crippen molar-refractivity contribution in [3.63, 3.8) is 0 Å². The van der Waals surface area contributed by atoms with Crippen molar-refractivity contribution in [3.8, 4) is 11.5 Å². The molecule has 0 spiro atoms. The molecule has 7 aromatic rings. The summed E-state index contributed by atoms with van der Waals surface area (Å²) in [5, 5.41) is 48.0. The van der Waals surface area contributed by atoms with Gasteiger partial charge in [0, 0.05) is 22.1 Å². The van der Waals surface area contributed by atoms with Crippen LogP contribution in [0.1, 0.15) is 52.6 Å². The number of methoxy groups -OCH3 is 2. The van der Waals surface area contributed by atoms with Gasteiger partial charge >= 0.3 is 11.9 Å². The van der Waals surface area contributed by atoms with E-state index < -0.39 is 23.8 Å². The summed E-state index contributed by atoms with van der Waals surface area (Å²) in [5.41, 5.74) is 3.59. The maximum Gasteiger partial charge on any atom is 0.337 e. The van der Waals surface area contributed by atoms with Crippen molar-refractivity contribution < 1.29 is 38.9 Å². The Morgan fingerprint density at radius 1 is 0.500 bits per heavy atom. The van der Waals surface area contributed by atoms with Crippen LogP contribution in [0.3, 0.4) is 0 Å². The highest BCUT2D eigenvalue weighted by atomic mass is 16.5. The molecular formula is C46H36N6O8. The lowest BCUT2D eigenvalue weighted by Crippen LogP contribution is -2.15. The summed E-state index contributed by atoms with van der Waals surface area (Å²) >= 11 is 0. The fourth-order valence-corrected chi connectivity index (χ4v) is 6.43. The van der Waals surface area contributed by atoms with Crippen LogP contribution in [0.5, 0.6) is 11.5 Å². The molecule has 7 rings (SSSR count). The van der Waals surface area contributed by atoms with Crippen LogP contribution in [0.2, 0.25) is 0 Å². The van der Waals surface area contributed by atoms with Gasteiger partial charge in [0.05, 0.1) is 47.8 Å². The lowest BCUT2D eigenvalue weighted by Gasteiger charge is -2.16. The molecule has 0 fully saturated rings. The van der Waals surface area contributed by atoms with Gasteiger partial charge in [-0.1, -0.05) is 48.5 Å². The second-order valence-corrected chi connectivity index (χ2v) is 13.6. The number of aromatic hydroxyl groups is 2. The van der Waals surface area contributed by atoms with Gasteiger partial charge < -0.3 is 30.3 Å². The number of benzene rings is 7. The first-order valence-corrected chi connectivity index (χ1v) is 18.4. The van der Waals surface area contributed by atoms with E-state index in [0.29, 0.717) is 66.5 Å². The average molecular weight is 801 g/mol. The summed E-state index contributed by atoms with van der Waals surface area (Å²) in [6, 6.07) is 33.2. The summed E-state index contributed by atoms with van der Waals surface area (Å²) in [4.78, 5) is 51.3. The van der Waals surface area contributed by atoms with Crippen molar-refractivity contribution in [1.29, 1.82) is 0 Å². The third kappa shape index (κ3) is 8.24. The molecule has 0 radical (unpaired) electrons. The summed E-state index contributed by atoms with van der Waals surface area (Å²) in [6.07, 6.45) is 0. The molecule has 2 amide bonds. The number of hydrogen-bond acceptors (Lipinski definition) is 12. The fourth-order valence-electron chi connectivity index (χ4n) is 6.43. The van der Waals surface area contributed by atoms with E-state index in [-0.39, 0.29) is 34.0 Å². The van der Waals surface area contributed by atoms with Crippen LogP contribution in [0.4, 0.5) is 34.1 Å². The number of phenolic OH excluding ortho intramolecular Hbond substituents is 2. The van der Waals surface area contributed by atoms with Crippen molar-refractivity contribution >= 4 is 79.4 Å². The molecule has 0 saturated carbocycles. The van der Waals surface area contributed by atoms with E-state index in [9.17, 15) is 29.4 Å². The zero-order valence-electron chi connectivity index (χ0n) is 32.7. The molecule has 7 aromatic carbocycles. The number of aryl methyl sites for hydroxylation is 2. The molecule has 60 heavy (non-hydrogen) atoms. The van der Waals surface area contributed by atoms with Crippen LogP contribution in [-0.4, -0.2) is 48.2 Å². The SMILES string of the molecule is COC(=O)c1ccc(N=Nc2c(O)c(C(=O)Nc3cc(C)c(NC(=O)c4cc5ccccc5c(N=Nc5ccc(C(=O)OC)cc5)c4O)cc3C)cc3ccccc23)cc1. The third-order valence-electron chi connectivity index (χ3n) is 9.66. The minimum Gasteiger partial charge on any atom is -0.505 e. The largest absolute Gasteiger partial charge is 0.505 e. The Morgan fingerprint density at radius 3 is 1.23 bits per heavy atom. The van der Waals surface area contributed by atoms with E-state index in [0.717, 1.165) is 0 Å². The Hall–Kier alpha value is -8.26. The molecule has 14 heteroatoms. The van der Waals surface area contributed by atoms with Gasteiger partial charge in [-0.2, -0.15) is 10.2 Å². The number of fused-ring (bicyclic) bond motifs is 2. The number of amides is 2. The molecule has 14 nitrogen and oxygen atoms in total. The molecular weight excluding hydrogens is 765 g/mol. The topological polar surface area (TPSA) is 201 Å². The molecule has 4 N–H and O–H groups in total. The van der Waals surface area contributed by atoms with Crippen molar-refractivity contribution in [2.24, 2.45) is 20.5 Å².